The predicted octanol–water partition coefficient (Wildman–Crippen LogP) is 1.66. The van der Waals surface area contributed by atoms with Gasteiger partial charge in [-0.25, -0.2) is 4.68 Å². The Labute approximate surface area is 147 Å². The summed E-state index contributed by atoms with van der Waals surface area (Å²) in [5.41, 5.74) is 1.07. The third kappa shape index (κ3) is 4.45. The summed E-state index contributed by atoms with van der Waals surface area (Å²) >= 11 is 0. The van der Waals surface area contributed by atoms with Gasteiger partial charge in [-0.1, -0.05) is 18.2 Å². The molecule has 1 aliphatic heterocycles. The molecule has 2 aromatic rings. The van der Waals surface area contributed by atoms with Gasteiger partial charge in [-0.15, -0.1) is 0 Å². The Kier molecular flexibility index (Phi) is 5.45. The van der Waals surface area contributed by atoms with Gasteiger partial charge >= 0.3 is 0 Å². The minimum Gasteiger partial charge on any atom is -0.349 e. The first kappa shape index (κ1) is 17.2. The van der Waals surface area contributed by atoms with E-state index in [1.807, 2.05) is 30.3 Å². The second-order valence-electron chi connectivity index (χ2n) is 6.15. The van der Waals surface area contributed by atoms with E-state index in [0.717, 1.165) is 25.3 Å². The molecule has 1 aromatic carbocycles. The summed E-state index contributed by atoms with van der Waals surface area (Å²) in [5, 5.41) is 9.98. The second kappa shape index (κ2) is 7.94. The molecule has 25 heavy (non-hydrogen) atoms. The summed E-state index contributed by atoms with van der Waals surface area (Å²) in [7, 11) is 0. The number of aromatic nitrogens is 2. The van der Waals surface area contributed by atoms with Crippen LogP contribution in [0.2, 0.25) is 0 Å². The number of nitrogens with one attached hydrogen (secondary N) is 2. The Morgan fingerprint density at radius 3 is 2.56 bits per heavy atom. The molecule has 1 aromatic heterocycles. The first-order valence-electron chi connectivity index (χ1n) is 8.57. The molecule has 2 N–H and O–H groups in total. The molecule has 7 nitrogen and oxygen atoms in total. The van der Waals surface area contributed by atoms with Crippen molar-refractivity contribution in [2.75, 3.05) is 31.5 Å². The van der Waals surface area contributed by atoms with Crippen LogP contribution in [-0.2, 0) is 4.79 Å². The van der Waals surface area contributed by atoms with Crippen LogP contribution in [0.4, 0.5) is 5.82 Å². The Balaban J connectivity index is 1.71. The molecule has 0 radical (unpaired) electrons. The number of likely N-dealkylation sites (tertiary alicyclic amines) is 1. The van der Waals surface area contributed by atoms with E-state index >= 15 is 0 Å². The number of benzene rings is 1. The Morgan fingerprint density at radius 1 is 1.16 bits per heavy atom. The lowest BCUT2D eigenvalue weighted by Gasteiger charge is -2.14. The van der Waals surface area contributed by atoms with Crippen LogP contribution < -0.4 is 10.6 Å². The van der Waals surface area contributed by atoms with Gasteiger partial charge in [0.15, 0.2) is 5.69 Å². The van der Waals surface area contributed by atoms with Gasteiger partial charge < -0.3 is 15.5 Å². The van der Waals surface area contributed by atoms with Gasteiger partial charge in [-0.2, -0.15) is 5.10 Å². The number of amides is 2. The van der Waals surface area contributed by atoms with E-state index in [1.165, 1.54) is 19.8 Å². The van der Waals surface area contributed by atoms with Gasteiger partial charge in [-0.3, -0.25) is 9.59 Å². The topological polar surface area (TPSA) is 79.3 Å². The van der Waals surface area contributed by atoms with E-state index in [-0.39, 0.29) is 17.5 Å². The molecule has 0 unspecified atom stereocenters. The van der Waals surface area contributed by atoms with Crippen molar-refractivity contribution < 1.29 is 9.59 Å². The van der Waals surface area contributed by atoms with Crippen LogP contribution in [0.1, 0.15) is 30.3 Å². The van der Waals surface area contributed by atoms with Gasteiger partial charge in [0.1, 0.15) is 5.82 Å². The van der Waals surface area contributed by atoms with Gasteiger partial charge in [0, 0.05) is 26.1 Å². The quantitative estimate of drug-likeness (QED) is 0.837. The summed E-state index contributed by atoms with van der Waals surface area (Å²) in [6, 6.07) is 11.0. The average Bonchev–Trinajstić information content (AvgIpc) is 3.25. The Bertz CT molecular complexity index is 735. The van der Waals surface area contributed by atoms with Crippen LogP contribution >= 0.6 is 0 Å². The molecule has 1 aliphatic rings. The lowest BCUT2D eigenvalue weighted by atomic mass is 10.3. The molecular formula is C18H23N5O2. The molecule has 7 heteroatoms. The van der Waals surface area contributed by atoms with Crippen LogP contribution in [0.15, 0.2) is 36.4 Å². The maximum Gasteiger partial charge on any atom is 0.271 e. The maximum absolute atomic E-state index is 12.4. The van der Waals surface area contributed by atoms with Crippen LogP contribution in [0.25, 0.3) is 5.69 Å². The number of nitrogens with zero attached hydrogens (tertiary/aromatic N) is 3. The molecule has 2 amide bonds. The number of hydrogen-bond donors (Lipinski definition) is 2. The SMILES string of the molecule is CC(=O)Nc1cc(C(=O)NCCN2CCCC2)nn1-c1ccccc1. The third-order valence-corrected chi connectivity index (χ3v) is 4.16. The lowest BCUT2D eigenvalue weighted by molar-refractivity contribution is -0.114. The number of hydrogen-bond acceptors (Lipinski definition) is 4. The van der Waals surface area contributed by atoms with Crippen LogP contribution in [0.3, 0.4) is 0 Å². The van der Waals surface area contributed by atoms with Crippen molar-refractivity contribution in [1.29, 1.82) is 0 Å². The summed E-state index contributed by atoms with van der Waals surface area (Å²) < 4.78 is 1.57. The zero-order chi connectivity index (χ0) is 17.6. The van der Waals surface area contributed by atoms with Crippen molar-refractivity contribution in [3.05, 3.63) is 42.1 Å². The summed E-state index contributed by atoms with van der Waals surface area (Å²) in [6.07, 6.45) is 2.46. The van der Waals surface area contributed by atoms with E-state index in [1.54, 1.807) is 10.7 Å². The number of rotatable bonds is 6. The van der Waals surface area contributed by atoms with Crippen molar-refractivity contribution in [3.8, 4) is 5.69 Å². The molecule has 0 bridgehead atoms. The van der Waals surface area contributed by atoms with Crippen LogP contribution in [0, 0.1) is 0 Å². The molecule has 0 spiro atoms. The minimum absolute atomic E-state index is 0.210. The van der Waals surface area contributed by atoms with Crippen LogP contribution in [0.5, 0.6) is 0 Å². The first-order valence-corrected chi connectivity index (χ1v) is 8.57. The average molecular weight is 341 g/mol. The zero-order valence-electron chi connectivity index (χ0n) is 14.4. The van der Waals surface area contributed by atoms with Crippen molar-refractivity contribution >= 4 is 17.6 Å². The summed E-state index contributed by atoms with van der Waals surface area (Å²) in [6.45, 7) is 5.07. The maximum atomic E-state index is 12.4. The van der Waals surface area contributed by atoms with E-state index < -0.39 is 0 Å². The van der Waals surface area contributed by atoms with E-state index in [4.69, 9.17) is 0 Å². The molecule has 0 atom stereocenters. The highest BCUT2D eigenvalue weighted by atomic mass is 16.2. The first-order chi connectivity index (χ1) is 12.1. The van der Waals surface area contributed by atoms with E-state index in [2.05, 4.69) is 20.6 Å². The molecule has 1 saturated heterocycles. The zero-order valence-corrected chi connectivity index (χ0v) is 14.4. The summed E-state index contributed by atoms with van der Waals surface area (Å²) in [5.74, 6) is 0.0296. The minimum atomic E-state index is -0.236. The van der Waals surface area contributed by atoms with Gasteiger partial charge in [-0.05, 0) is 38.1 Å². The standard InChI is InChI=1S/C18H23N5O2/c1-14(24)20-17-13-16(21-23(17)15-7-3-2-4-8-15)18(25)19-9-12-22-10-5-6-11-22/h2-4,7-8,13H,5-6,9-12H2,1H3,(H,19,25)(H,20,24). The number of anilines is 1. The molecule has 0 saturated carbocycles. The Morgan fingerprint density at radius 2 is 1.88 bits per heavy atom. The smallest absolute Gasteiger partial charge is 0.271 e. The van der Waals surface area contributed by atoms with Gasteiger partial charge in [0.25, 0.3) is 5.91 Å². The Hall–Kier alpha value is -2.67. The lowest BCUT2D eigenvalue weighted by Crippen LogP contribution is -2.33. The van der Waals surface area contributed by atoms with Gasteiger partial charge in [0.05, 0.1) is 5.69 Å². The fourth-order valence-electron chi connectivity index (χ4n) is 2.95. The largest absolute Gasteiger partial charge is 0.349 e. The highest BCUT2D eigenvalue weighted by molar-refractivity contribution is 5.95. The number of carbonyl (C=O) groups excluding carboxylic acids is 2. The molecule has 0 aliphatic carbocycles. The normalized spacial score (nSPS) is 14.4. The molecular weight excluding hydrogens is 318 g/mol. The highest BCUT2D eigenvalue weighted by Gasteiger charge is 2.17. The molecule has 3 rings (SSSR count). The van der Waals surface area contributed by atoms with Gasteiger partial charge in [0.2, 0.25) is 5.91 Å². The molecule has 2 heterocycles. The van der Waals surface area contributed by atoms with Crippen molar-refractivity contribution in [3.63, 3.8) is 0 Å². The third-order valence-electron chi connectivity index (χ3n) is 4.16. The fraction of sp³-hybridized carbons (Fsp3) is 0.389. The van der Waals surface area contributed by atoms with E-state index in [9.17, 15) is 9.59 Å². The fourth-order valence-corrected chi connectivity index (χ4v) is 2.95. The monoisotopic (exact) mass is 341 g/mol. The highest BCUT2D eigenvalue weighted by Crippen LogP contribution is 2.17. The van der Waals surface area contributed by atoms with Crippen molar-refractivity contribution in [1.82, 2.24) is 20.0 Å². The van der Waals surface area contributed by atoms with Crippen LogP contribution in [-0.4, -0.2) is 52.7 Å². The van der Waals surface area contributed by atoms with Crippen molar-refractivity contribution in [2.24, 2.45) is 0 Å². The number of para-hydroxylation sites is 1. The molecule has 1 fully saturated rings. The van der Waals surface area contributed by atoms with E-state index in [0.29, 0.717) is 12.4 Å². The molecule has 132 valence electrons. The predicted molar refractivity (Wildman–Crippen MR) is 95.9 cm³/mol. The van der Waals surface area contributed by atoms with Crippen molar-refractivity contribution in [2.45, 2.75) is 19.8 Å². The number of carbonyl (C=O) groups is 2. The second-order valence-corrected chi connectivity index (χ2v) is 6.15. The summed E-state index contributed by atoms with van der Waals surface area (Å²) in [4.78, 5) is 26.2.